The Labute approximate surface area is 148 Å². The van der Waals surface area contributed by atoms with Crippen LogP contribution < -0.4 is 5.32 Å². The average Bonchev–Trinajstić information content (AvgIpc) is 3.35. The van der Waals surface area contributed by atoms with Crippen molar-refractivity contribution >= 4 is 16.8 Å². The minimum Gasteiger partial charge on any atom is -0.332 e. The third kappa shape index (κ3) is 2.80. The SMILES string of the molecule is N#C[C@@H](NC(=O)c1cccc2cn[nH]c12)c1cnn(-c2ccccc2)c1. The van der Waals surface area contributed by atoms with Crippen LogP contribution in [0.3, 0.4) is 0 Å². The molecule has 2 N–H and O–H groups in total. The van der Waals surface area contributed by atoms with Gasteiger partial charge < -0.3 is 5.32 Å². The maximum absolute atomic E-state index is 12.6. The number of carbonyl (C=O) groups excluding carboxylic acids is 1. The van der Waals surface area contributed by atoms with Gasteiger partial charge in [-0.2, -0.15) is 15.5 Å². The van der Waals surface area contributed by atoms with Crippen molar-refractivity contribution in [3.05, 3.63) is 78.2 Å². The summed E-state index contributed by atoms with van der Waals surface area (Å²) in [6.07, 6.45) is 4.97. The number of hydrogen-bond acceptors (Lipinski definition) is 4. The van der Waals surface area contributed by atoms with Crippen LogP contribution in [0.15, 0.2) is 67.1 Å². The largest absolute Gasteiger partial charge is 0.332 e. The molecule has 4 aromatic rings. The van der Waals surface area contributed by atoms with Crippen LogP contribution in [0.5, 0.6) is 0 Å². The van der Waals surface area contributed by atoms with Crippen LogP contribution in [0, 0.1) is 11.3 Å². The fourth-order valence-electron chi connectivity index (χ4n) is 2.76. The molecule has 2 heterocycles. The van der Waals surface area contributed by atoms with Crippen molar-refractivity contribution in [3.8, 4) is 11.8 Å². The van der Waals surface area contributed by atoms with E-state index in [1.807, 2.05) is 36.4 Å². The maximum atomic E-state index is 12.6. The Kier molecular flexibility index (Phi) is 3.92. The molecule has 0 fully saturated rings. The summed E-state index contributed by atoms with van der Waals surface area (Å²) in [4.78, 5) is 12.6. The first kappa shape index (κ1) is 15.6. The van der Waals surface area contributed by atoms with Crippen LogP contribution in [0.4, 0.5) is 0 Å². The molecule has 2 aromatic carbocycles. The zero-order chi connectivity index (χ0) is 17.9. The standard InChI is InChI=1S/C19H14N6O/c20-9-17(14-11-22-25(12-14)15-6-2-1-3-7-15)23-19(26)16-8-4-5-13-10-21-24-18(13)16/h1-8,10-12,17H,(H,21,24)(H,23,26)/t17-/m1/s1. The maximum Gasteiger partial charge on any atom is 0.254 e. The fraction of sp³-hybridized carbons (Fsp3) is 0.0526. The van der Waals surface area contributed by atoms with E-state index in [1.165, 1.54) is 0 Å². The molecular weight excluding hydrogens is 328 g/mol. The van der Waals surface area contributed by atoms with E-state index in [-0.39, 0.29) is 5.91 Å². The number of nitrogens with one attached hydrogen (secondary N) is 2. The Morgan fingerprint density at radius 3 is 2.81 bits per heavy atom. The highest BCUT2D eigenvalue weighted by Gasteiger charge is 2.19. The van der Waals surface area contributed by atoms with Crippen molar-refractivity contribution < 1.29 is 4.79 Å². The van der Waals surface area contributed by atoms with Crippen LogP contribution in [-0.4, -0.2) is 25.9 Å². The highest BCUT2D eigenvalue weighted by molar-refractivity contribution is 6.05. The summed E-state index contributed by atoms with van der Waals surface area (Å²) in [5.41, 5.74) is 2.57. The van der Waals surface area contributed by atoms with Gasteiger partial charge in [-0.3, -0.25) is 9.89 Å². The normalized spacial score (nSPS) is 11.8. The van der Waals surface area contributed by atoms with Crippen molar-refractivity contribution in [2.24, 2.45) is 0 Å². The van der Waals surface area contributed by atoms with E-state index in [1.54, 1.807) is 35.4 Å². The van der Waals surface area contributed by atoms with E-state index in [2.05, 4.69) is 26.7 Å². The predicted octanol–water partition coefficient (Wildman–Crippen LogP) is 2.74. The van der Waals surface area contributed by atoms with Crippen molar-refractivity contribution in [1.29, 1.82) is 5.26 Å². The molecule has 0 aliphatic rings. The molecule has 0 aliphatic heterocycles. The van der Waals surface area contributed by atoms with Crippen LogP contribution in [0.25, 0.3) is 16.6 Å². The van der Waals surface area contributed by atoms with Gasteiger partial charge in [0.05, 0.1) is 35.2 Å². The molecule has 7 nitrogen and oxygen atoms in total. The zero-order valence-corrected chi connectivity index (χ0v) is 13.6. The quantitative estimate of drug-likeness (QED) is 0.595. The van der Waals surface area contributed by atoms with Gasteiger partial charge in [0, 0.05) is 17.1 Å². The second kappa shape index (κ2) is 6.53. The highest BCUT2D eigenvalue weighted by atomic mass is 16.1. The lowest BCUT2D eigenvalue weighted by atomic mass is 10.1. The fourth-order valence-corrected chi connectivity index (χ4v) is 2.76. The Balaban J connectivity index is 1.59. The molecule has 1 atom stereocenters. The number of nitrogens with zero attached hydrogens (tertiary/aromatic N) is 4. The molecule has 0 radical (unpaired) electrons. The number of para-hydroxylation sites is 2. The Hall–Kier alpha value is -3.92. The van der Waals surface area contributed by atoms with Gasteiger partial charge in [-0.05, 0) is 18.2 Å². The summed E-state index contributed by atoms with van der Waals surface area (Å²) < 4.78 is 1.67. The first-order valence-corrected chi connectivity index (χ1v) is 7.99. The zero-order valence-electron chi connectivity index (χ0n) is 13.6. The van der Waals surface area contributed by atoms with E-state index < -0.39 is 6.04 Å². The molecule has 2 aromatic heterocycles. The Bertz CT molecular complexity index is 1110. The minimum absolute atomic E-state index is 0.348. The summed E-state index contributed by atoms with van der Waals surface area (Å²) in [5.74, 6) is -0.348. The molecule has 4 rings (SSSR count). The number of aromatic amines is 1. The van der Waals surface area contributed by atoms with Crippen molar-refractivity contribution in [2.45, 2.75) is 6.04 Å². The third-order valence-electron chi connectivity index (χ3n) is 4.08. The molecule has 0 unspecified atom stereocenters. The topological polar surface area (TPSA) is 99.4 Å². The van der Waals surface area contributed by atoms with Gasteiger partial charge in [0.25, 0.3) is 5.91 Å². The molecule has 0 saturated heterocycles. The second-order valence-electron chi connectivity index (χ2n) is 5.73. The van der Waals surface area contributed by atoms with Crippen molar-refractivity contribution in [3.63, 3.8) is 0 Å². The number of benzene rings is 2. The van der Waals surface area contributed by atoms with Crippen LogP contribution >= 0.6 is 0 Å². The number of rotatable bonds is 4. The molecule has 7 heteroatoms. The van der Waals surface area contributed by atoms with Gasteiger partial charge in [0.1, 0.15) is 6.04 Å². The van der Waals surface area contributed by atoms with Gasteiger partial charge in [-0.15, -0.1) is 0 Å². The minimum atomic E-state index is -0.807. The summed E-state index contributed by atoms with van der Waals surface area (Å²) in [7, 11) is 0. The molecule has 0 saturated carbocycles. The van der Waals surface area contributed by atoms with Gasteiger partial charge >= 0.3 is 0 Å². The molecule has 0 aliphatic carbocycles. The number of nitriles is 1. The number of hydrogen-bond donors (Lipinski definition) is 2. The van der Waals surface area contributed by atoms with Crippen LogP contribution in [-0.2, 0) is 0 Å². The summed E-state index contributed by atoms with van der Waals surface area (Å²) >= 11 is 0. The number of amides is 1. The van der Waals surface area contributed by atoms with Crippen LogP contribution in [0.1, 0.15) is 22.0 Å². The molecule has 1 amide bonds. The number of aromatic nitrogens is 4. The molecule has 0 spiro atoms. The van der Waals surface area contributed by atoms with E-state index >= 15 is 0 Å². The lowest BCUT2D eigenvalue weighted by Gasteiger charge is -2.10. The number of H-pyrrole nitrogens is 1. The molecule has 126 valence electrons. The van der Waals surface area contributed by atoms with E-state index in [0.29, 0.717) is 16.6 Å². The molecular formula is C19H14N6O. The first-order chi connectivity index (χ1) is 12.8. The smallest absolute Gasteiger partial charge is 0.254 e. The van der Waals surface area contributed by atoms with Gasteiger partial charge in [-0.1, -0.05) is 30.3 Å². The van der Waals surface area contributed by atoms with Crippen LogP contribution in [0.2, 0.25) is 0 Å². The second-order valence-corrected chi connectivity index (χ2v) is 5.73. The molecule has 0 bridgehead atoms. The van der Waals surface area contributed by atoms with Gasteiger partial charge in [0.2, 0.25) is 0 Å². The highest BCUT2D eigenvalue weighted by Crippen LogP contribution is 2.18. The third-order valence-corrected chi connectivity index (χ3v) is 4.08. The van der Waals surface area contributed by atoms with E-state index in [9.17, 15) is 10.1 Å². The number of carbonyl (C=O) groups is 1. The Morgan fingerprint density at radius 1 is 1.15 bits per heavy atom. The lowest BCUT2D eigenvalue weighted by molar-refractivity contribution is 0.0946. The Morgan fingerprint density at radius 2 is 2.00 bits per heavy atom. The summed E-state index contributed by atoms with van der Waals surface area (Å²) in [6, 6.07) is 16.2. The predicted molar refractivity (Wildman–Crippen MR) is 95.5 cm³/mol. The molecule has 26 heavy (non-hydrogen) atoms. The first-order valence-electron chi connectivity index (χ1n) is 7.99. The van der Waals surface area contributed by atoms with Gasteiger partial charge in [-0.25, -0.2) is 4.68 Å². The summed E-state index contributed by atoms with van der Waals surface area (Å²) in [6.45, 7) is 0. The van der Waals surface area contributed by atoms with Gasteiger partial charge in [0.15, 0.2) is 0 Å². The van der Waals surface area contributed by atoms with E-state index in [0.717, 1.165) is 11.1 Å². The monoisotopic (exact) mass is 342 g/mol. The van der Waals surface area contributed by atoms with Crippen molar-refractivity contribution in [2.75, 3.05) is 0 Å². The number of fused-ring (bicyclic) bond motifs is 1. The lowest BCUT2D eigenvalue weighted by Crippen LogP contribution is -2.27. The van der Waals surface area contributed by atoms with Crippen molar-refractivity contribution in [1.82, 2.24) is 25.3 Å². The average molecular weight is 342 g/mol. The summed E-state index contributed by atoms with van der Waals surface area (Å²) in [5, 5.41) is 24.1. The van der Waals surface area contributed by atoms with E-state index in [4.69, 9.17) is 0 Å².